The largest absolute Gasteiger partial charge is 0.354 e. The van der Waals surface area contributed by atoms with Gasteiger partial charge in [-0.05, 0) is 62.4 Å². The van der Waals surface area contributed by atoms with Crippen molar-refractivity contribution in [3.8, 4) is 0 Å². The molecule has 7 nitrogen and oxygen atoms in total. The molecule has 33 heavy (non-hydrogen) atoms. The van der Waals surface area contributed by atoms with Gasteiger partial charge in [-0.15, -0.1) is 0 Å². The first-order valence-corrected chi connectivity index (χ1v) is 13.6. The Bertz CT molecular complexity index is 1020. The second-order valence-corrected chi connectivity index (χ2v) is 11.6. The van der Waals surface area contributed by atoms with Crippen LogP contribution in [-0.2, 0) is 10.0 Å². The van der Waals surface area contributed by atoms with Crippen molar-refractivity contribution in [3.05, 3.63) is 54.2 Å². The third-order valence-electron chi connectivity index (χ3n) is 7.69. The highest BCUT2D eigenvalue weighted by Crippen LogP contribution is 2.36. The monoisotopic (exact) mass is 469 g/mol. The van der Waals surface area contributed by atoms with E-state index in [0.29, 0.717) is 29.3 Å². The second kappa shape index (κ2) is 9.70. The topological polar surface area (TPSA) is 68.8 Å². The Morgan fingerprint density at radius 3 is 2.48 bits per heavy atom. The van der Waals surface area contributed by atoms with Crippen LogP contribution in [-0.4, -0.2) is 81.6 Å². The molecule has 6 rings (SSSR count). The Morgan fingerprint density at radius 2 is 1.82 bits per heavy atom. The Kier molecular flexibility index (Phi) is 6.69. The van der Waals surface area contributed by atoms with Gasteiger partial charge in [0.05, 0.1) is 4.90 Å². The number of pyridine rings is 1. The molecule has 0 saturated carbocycles. The summed E-state index contributed by atoms with van der Waals surface area (Å²) in [6, 6.07) is 13.5. The van der Waals surface area contributed by atoms with Gasteiger partial charge in [-0.2, -0.15) is 0 Å². The first kappa shape index (κ1) is 22.8. The minimum atomic E-state index is -3.45. The van der Waals surface area contributed by atoms with Crippen LogP contribution in [0.5, 0.6) is 0 Å². The molecule has 1 aromatic carbocycles. The van der Waals surface area contributed by atoms with Gasteiger partial charge in [0.1, 0.15) is 5.82 Å². The normalized spacial score (nSPS) is 28.2. The molecule has 5 heterocycles. The number of benzene rings is 1. The van der Waals surface area contributed by atoms with E-state index in [2.05, 4.69) is 36.5 Å². The number of aryl methyl sites for hydroxylation is 1. The van der Waals surface area contributed by atoms with Crippen LogP contribution in [0.4, 0.5) is 5.82 Å². The minimum absolute atomic E-state index is 0.307. The highest BCUT2D eigenvalue weighted by atomic mass is 32.2. The molecule has 4 unspecified atom stereocenters. The van der Waals surface area contributed by atoms with Crippen LogP contribution in [0, 0.1) is 18.8 Å². The summed E-state index contributed by atoms with van der Waals surface area (Å²) in [5.41, 5.74) is 1.06. The molecule has 0 aliphatic carbocycles. The number of aromatic nitrogens is 1. The Labute approximate surface area is 197 Å². The number of fused-ring (bicyclic) bond motifs is 3. The maximum atomic E-state index is 12.7. The summed E-state index contributed by atoms with van der Waals surface area (Å²) in [5, 5.41) is 0. The van der Waals surface area contributed by atoms with Gasteiger partial charge in [-0.3, -0.25) is 9.80 Å². The lowest BCUT2D eigenvalue weighted by atomic mass is 9.75. The summed E-state index contributed by atoms with van der Waals surface area (Å²) in [6.07, 6.45) is 4.20. The second-order valence-electron chi connectivity index (χ2n) is 9.83. The Morgan fingerprint density at radius 1 is 1.03 bits per heavy atom. The number of anilines is 1. The number of sulfonamides is 1. The van der Waals surface area contributed by atoms with Crippen LogP contribution in [0.2, 0.25) is 0 Å². The molecule has 4 atom stereocenters. The van der Waals surface area contributed by atoms with Crippen molar-refractivity contribution < 1.29 is 8.42 Å². The van der Waals surface area contributed by atoms with Gasteiger partial charge in [0.15, 0.2) is 0 Å². The number of rotatable bonds is 7. The number of piperidine rings is 3. The number of hydrogen-bond acceptors (Lipinski definition) is 6. The minimum Gasteiger partial charge on any atom is -0.354 e. The Hall–Kier alpha value is -2.00. The van der Waals surface area contributed by atoms with Crippen LogP contribution in [0.25, 0.3) is 0 Å². The van der Waals surface area contributed by atoms with Crippen LogP contribution in [0.15, 0.2) is 53.6 Å². The van der Waals surface area contributed by atoms with Crippen molar-refractivity contribution in [3.63, 3.8) is 0 Å². The van der Waals surface area contributed by atoms with Crippen molar-refractivity contribution in [1.82, 2.24) is 19.5 Å². The molecule has 4 aliphatic rings. The van der Waals surface area contributed by atoms with Crippen LogP contribution >= 0.6 is 0 Å². The van der Waals surface area contributed by atoms with Crippen molar-refractivity contribution in [2.45, 2.75) is 30.7 Å². The van der Waals surface area contributed by atoms with Gasteiger partial charge in [-0.1, -0.05) is 23.8 Å². The molecule has 2 bridgehead atoms. The molecule has 2 aromatic rings. The maximum absolute atomic E-state index is 12.7. The number of nitrogens with zero attached hydrogens (tertiary/aromatic N) is 4. The average molecular weight is 470 g/mol. The van der Waals surface area contributed by atoms with Gasteiger partial charge in [-0.25, -0.2) is 18.1 Å². The molecule has 1 N–H and O–H groups in total. The van der Waals surface area contributed by atoms with Gasteiger partial charge in [0.2, 0.25) is 10.0 Å². The highest BCUT2D eigenvalue weighted by Gasteiger charge is 2.41. The van der Waals surface area contributed by atoms with E-state index >= 15 is 0 Å². The lowest BCUT2D eigenvalue weighted by molar-refractivity contribution is -0.0108. The van der Waals surface area contributed by atoms with Crippen molar-refractivity contribution in [2.24, 2.45) is 11.8 Å². The van der Waals surface area contributed by atoms with Crippen molar-refractivity contribution in [1.29, 1.82) is 0 Å². The van der Waals surface area contributed by atoms with Crippen LogP contribution in [0.1, 0.15) is 18.4 Å². The van der Waals surface area contributed by atoms with E-state index in [1.807, 2.05) is 31.3 Å². The molecule has 0 amide bonds. The Balaban J connectivity index is 1.11. The summed E-state index contributed by atoms with van der Waals surface area (Å²) in [7, 11) is -3.45. The molecule has 4 aliphatic heterocycles. The molecule has 8 heteroatoms. The third kappa shape index (κ3) is 5.24. The quantitative estimate of drug-likeness (QED) is 0.671. The number of piperazine rings is 1. The summed E-state index contributed by atoms with van der Waals surface area (Å²) in [5.74, 6) is 2.46. The fourth-order valence-electron chi connectivity index (χ4n) is 5.71. The van der Waals surface area contributed by atoms with E-state index in [1.54, 1.807) is 12.1 Å². The highest BCUT2D eigenvalue weighted by molar-refractivity contribution is 7.89. The number of hydrogen-bond donors (Lipinski definition) is 1. The predicted molar refractivity (Wildman–Crippen MR) is 131 cm³/mol. The fraction of sp³-hybridized carbons (Fsp3) is 0.560. The van der Waals surface area contributed by atoms with Gasteiger partial charge in [0, 0.05) is 58.1 Å². The van der Waals surface area contributed by atoms with Crippen molar-refractivity contribution >= 4 is 15.8 Å². The van der Waals surface area contributed by atoms with E-state index in [9.17, 15) is 8.42 Å². The standard InChI is InChI=1S/C25H35N5O2S/c1-20-5-7-24(8-6-20)33(31,32)27-17-23-16-21-9-11-30(23)19-22(21)18-28-12-14-29(15-13-28)25-4-2-3-10-26-25/h2-8,10,21-23,27H,9,11-19H2,1H3. The lowest BCUT2D eigenvalue weighted by Gasteiger charge is -2.51. The summed E-state index contributed by atoms with van der Waals surface area (Å²) >= 11 is 0. The smallest absolute Gasteiger partial charge is 0.240 e. The van der Waals surface area contributed by atoms with E-state index in [1.165, 1.54) is 6.42 Å². The van der Waals surface area contributed by atoms with Gasteiger partial charge >= 0.3 is 0 Å². The summed E-state index contributed by atoms with van der Waals surface area (Å²) in [4.78, 5) is 12.4. The summed E-state index contributed by atoms with van der Waals surface area (Å²) < 4.78 is 28.3. The zero-order valence-corrected chi connectivity index (χ0v) is 20.3. The first-order chi connectivity index (χ1) is 16.0. The molecule has 1 aromatic heterocycles. The van der Waals surface area contributed by atoms with Crippen molar-refractivity contribution in [2.75, 3.05) is 57.3 Å². The molecule has 4 saturated heterocycles. The molecule has 4 fully saturated rings. The van der Waals surface area contributed by atoms with E-state index in [-0.39, 0.29) is 0 Å². The molecule has 0 radical (unpaired) electrons. The fourth-order valence-corrected chi connectivity index (χ4v) is 6.78. The maximum Gasteiger partial charge on any atom is 0.240 e. The summed E-state index contributed by atoms with van der Waals surface area (Å²) in [6.45, 7) is 10.0. The molecule has 178 valence electrons. The molecular formula is C25H35N5O2S. The van der Waals surface area contributed by atoms with E-state index < -0.39 is 10.0 Å². The zero-order valence-electron chi connectivity index (χ0n) is 19.4. The lowest BCUT2D eigenvalue weighted by Crippen LogP contribution is -2.59. The molecule has 0 spiro atoms. The average Bonchev–Trinajstić information content (AvgIpc) is 2.85. The molecular weight excluding hydrogens is 434 g/mol. The van der Waals surface area contributed by atoms with Gasteiger partial charge in [0.25, 0.3) is 0 Å². The van der Waals surface area contributed by atoms with E-state index in [0.717, 1.165) is 63.6 Å². The zero-order chi connectivity index (χ0) is 22.8. The first-order valence-electron chi connectivity index (χ1n) is 12.2. The van der Waals surface area contributed by atoms with Crippen LogP contribution in [0.3, 0.4) is 0 Å². The van der Waals surface area contributed by atoms with E-state index in [4.69, 9.17) is 0 Å². The van der Waals surface area contributed by atoms with Gasteiger partial charge < -0.3 is 4.90 Å². The SMILES string of the molecule is Cc1ccc(S(=O)(=O)NCC2CC3CCN2CC3CN2CCN(c3ccccn3)CC2)cc1. The predicted octanol–water partition coefficient (Wildman–Crippen LogP) is 2.20. The third-order valence-corrected chi connectivity index (χ3v) is 9.13. The number of nitrogens with one attached hydrogen (secondary N) is 1. The van der Waals surface area contributed by atoms with Crippen LogP contribution < -0.4 is 9.62 Å².